The smallest absolute Gasteiger partial charge is 0.336 e. The molecule has 0 saturated carbocycles. The normalized spacial score (nSPS) is 10.1. The third-order valence-electron chi connectivity index (χ3n) is 2.68. The monoisotopic (exact) mass is 243 g/mol. The van der Waals surface area contributed by atoms with Crippen LogP contribution in [0.5, 0.6) is 5.75 Å². The van der Waals surface area contributed by atoms with Crippen molar-refractivity contribution in [3.8, 4) is 16.9 Å². The number of rotatable bonds is 3. The Kier molecular flexibility index (Phi) is 3.28. The summed E-state index contributed by atoms with van der Waals surface area (Å²) >= 11 is 0. The molecule has 4 heteroatoms. The van der Waals surface area contributed by atoms with Crippen LogP contribution in [0.25, 0.3) is 11.1 Å². The summed E-state index contributed by atoms with van der Waals surface area (Å²) in [6, 6.07) is 8.57. The van der Waals surface area contributed by atoms with Gasteiger partial charge in [-0.05, 0) is 31.2 Å². The van der Waals surface area contributed by atoms with E-state index >= 15 is 0 Å². The highest BCUT2D eigenvalue weighted by Crippen LogP contribution is 2.27. The number of aromatic carboxylic acids is 1. The molecule has 0 aliphatic rings. The maximum Gasteiger partial charge on any atom is 0.336 e. The molecule has 0 unspecified atom stereocenters. The molecule has 0 aliphatic carbocycles. The number of nitrogens with zero attached hydrogens (tertiary/aromatic N) is 1. The molecule has 0 atom stereocenters. The Balaban J connectivity index is 2.59. The van der Waals surface area contributed by atoms with Crippen molar-refractivity contribution in [2.24, 2.45) is 0 Å². The van der Waals surface area contributed by atoms with E-state index in [-0.39, 0.29) is 5.56 Å². The number of carbonyl (C=O) groups is 1. The van der Waals surface area contributed by atoms with Crippen molar-refractivity contribution in [3.05, 3.63) is 47.8 Å². The molecular weight excluding hydrogens is 230 g/mol. The van der Waals surface area contributed by atoms with Crippen molar-refractivity contribution in [1.82, 2.24) is 4.98 Å². The van der Waals surface area contributed by atoms with Gasteiger partial charge in [-0.3, -0.25) is 4.98 Å². The zero-order valence-corrected chi connectivity index (χ0v) is 10.2. The van der Waals surface area contributed by atoms with Crippen LogP contribution in [0, 0.1) is 6.92 Å². The van der Waals surface area contributed by atoms with Gasteiger partial charge in [0.1, 0.15) is 5.75 Å². The molecule has 0 radical (unpaired) electrons. The molecule has 0 spiro atoms. The summed E-state index contributed by atoms with van der Waals surface area (Å²) in [5, 5.41) is 9.18. The fourth-order valence-corrected chi connectivity index (χ4v) is 1.70. The van der Waals surface area contributed by atoms with Crippen molar-refractivity contribution < 1.29 is 14.6 Å². The molecule has 2 aromatic rings. The largest absolute Gasteiger partial charge is 0.497 e. The van der Waals surface area contributed by atoms with E-state index in [9.17, 15) is 9.90 Å². The number of benzene rings is 1. The minimum atomic E-state index is -0.965. The molecule has 2 rings (SSSR count). The number of carboxylic acids is 1. The molecule has 0 fully saturated rings. The number of hydrogen-bond acceptors (Lipinski definition) is 3. The third-order valence-corrected chi connectivity index (χ3v) is 2.68. The van der Waals surface area contributed by atoms with Crippen LogP contribution in [0.4, 0.5) is 0 Å². The van der Waals surface area contributed by atoms with Crippen LogP contribution < -0.4 is 4.74 Å². The number of pyridine rings is 1. The zero-order chi connectivity index (χ0) is 13.1. The Morgan fingerprint density at radius 1 is 1.28 bits per heavy atom. The van der Waals surface area contributed by atoms with Gasteiger partial charge in [-0.1, -0.05) is 6.07 Å². The lowest BCUT2D eigenvalue weighted by Gasteiger charge is -2.08. The number of aromatic nitrogens is 1. The van der Waals surface area contributed by atoms with Gasteiger partial charge in [0.25, 0.3) is 0 Å². The van der Waals surface area contributed by atoms with E-state index in [4.69, 9.17) is 4.74 Å². The number of aryl methyl sites for hydroxylation is 1. The van der Waals surface area contributed by atoms with Gasteiger partial charge in [-0.15, -0.1) is 0 Å². The zero-order valence-electron chi connectivity index (χ0n) is 10.2. The Bertz CT molecular complexity index is 576. The van der Waals surface area contributed by atoms with Crippen LogP contribution in [0.2, 0.25) is 0 Å². The van der Waals surface area contributed by atoms with Crippen molar-refractivity contribution >= 4 is 5.97 Å². The lowest BCUT2D eigenvalue weighted by Crippen LogP contribution is -2.00. The molecule has 0 amide bonds. The van der Waals surface area contributed by atoms with Gasteiger partial charge >= 0.3 is 5.97 Å². The first-order valence-corrected chi connectivity index (χ1v) is 5.46. The van der Waals surface area contributed by atoms with Crippen molar-refractivity contribution in [2.45, 2.75) is 6.92 Å². The quantitative estimate of drug-likeness (QED) is 0.900. The number of carboxylic acid groups (broad SMARTS) is 1. The lowest BCUT2D eigenvalue weighted by atomic mass is 10.0. The van der Waals surface area contributed by atoms with Crippen LogP contribution in [0.1, 0.15) is 16.1 Å². The Morgan fingerprint density at radius 2 is 2.06 bits per heavy atom. The van der Waals surface area contributed by atoms with Crippen LogP contribution in [0.15, 0.2) is 36.5 Å². The summed E-state index contributed by atoms with van der Waals surface area (Å²) in [6.45, 7) is 1.88. The molecular formula is C14H13NO3. The standard InChI is InChI=1S/C14H13NO3/c1-9-3-4-10(8-15-9)13-7-11(18-2)5-6-12(13)14(16)17/h3-8H,1-2H3,(H,16,17). The third kappa shape index (κ3) is 2.32. The van der Waals surface area contributed by atoms with Gasteiger partial charge in [0.05, 0.1) is 12.7 Å². The molecule has 0 saturated heterocycles. The fraction of sp³-hybridized carbons (Fsp3) is 0.143. The molecule has 4 nitrogen and oxygen atoms in total. The van der Waals surface area contributed by atoms with Gasteiger partial charge in [0.15, 0.2) is 0 Å². The molecule has 18 heavy (non-hydrogen) atoms. The molecule has 92 valence electrons. The summed E-state index contributed by atoms with van der Waals surface area (Å²) in [5.74, 6) is -0.344. The number of methoxy groups -OCH3 is 1. The highest BCUT2D eigenvalue weighted by molar-refractivity contribution is 5.96. The van der Waals surface area contributed by atoms with Crippen molar-refractivity contribution in [3.63, 3.8) is 0 Å². The maximum atomic E-state index is 11.2. The predicted octanol–water partition coefficient (Wildman–Crippen LogP) is 2.76. The van der Waals surface area contributed by atoms with E-state index in [1.807, 2.05) is 19.1 Å². The van der Waals surface area contributed by atoms with E-state index < -0.39 is 5.97 Å². The molecule has 0 aliphatic heterocycles. The molecule has 1 aromatic heterocycles. The van der Waals surface area contributed by atoms with Gasteiger partial charge < -0.3 is 9.84 Å². The van der Waals surface area contributed by atoms with E-state index in [0.29, 0.717) is 11.3 Å². The first kappa shape index (κ1) is 12.1. The second-order valence-electron chi connectivity index (χ2n) is 3.90. The topological polar surface area (TPSA) is 59.4 Å². The summed E-state index contributed by atoms with van der Waals surface area (Å²) in [5.41, 5.74) is 2.49. The second-order valence-corrected chi connectivity index (χ2v) is 3.90. The molecule has 0 bridgehead atoms. The summed E-state index contributed by atoms with van der Waals surface area (Å²) in [4.78, 5) is 15.4. The maximum absolute atomic E-state index is 11.2. The average Bonchev–Trinajstić information content (AvgIpc) is 2.38. The fourth-order valence-electron chi connectivity index (χ4n) is 1.70. The first-order valence-electron chi connectivity index (χ1n) is 5.46. The van der Waals surface area contributed by atoms with Crippen LogP contribution >= 0.6 is 0 Å². The molecule has 1 aromatic carbocycles. The van der Waals surface area contributed by atoms with Crippen LogP contribution in [0.3, 0.4) is 0 Å². The highest BCUT2D eigenvalue weighted by Gasteiger charge is 2.12. The Morgan fingerprint density at radius 3 is 2.61 bits per heavy atom. The average molecular weight is 243 g/mol. The van der Waals surface area contributed by atoms with Gasteiger partial charge in [0.2, 0.25) is 0 Å². The Labute approximate surface area is 105 Å². The minimum Gasteiger partial charge on any atom is -0.497 e. The van der Waals surface area contributed by atoms with Gasteiger partial charge in [-0.2, -0.15) is 0 Å². The van der Waals surface area contributed by atoms with Crippen molar-refractivity contribution in [2.75, 3.05) is 7.11 Å². The highest BCUT2D eigenvalue weighted by atomic mass is 16.5. The number of hydrogen-bond donors (Lipinski definition) is 1. The van der Waals surface area contributed by atoms with E-state index in [0.717, 1.165) is 11.3 Å². The molecule has 1 N–H and O–H groups in total. The second kappa shape index (κ2) is 4.87. The lowest BCUT2D eigenvalue weighted by molar-refractivity contribution is 0.0697. The summed E-state index contributed by atoms with van der Waals surface area (Å²) < 4.78 is 5.12. The van der Waals surface area contributed by atoms with E-state index in [1.165, 1.54) is 6.07 Å². The minimum absolute atomic E-state index is 0.237. The van der Waals surface area contributed by atoms with Crippen molar-refractivity contribution in [1.29, 1.82) is 0 Å². The Hall–Kier alpha value is -2.36. The van der Waals surface area contributed by atoms with Crippen LogP contribution in [-0.4, -0.2) is 23.2 Å². The van der Waals surface area contributed by atoms with E-state index in [2.05, 4.69) is 4.98 Å². The van der Waals surface area contributed by atoms with Gasteiger partial charge in [-0.25, -0.2) is 4.79 Å². The summed E-state index contributed by atoms with van der Waals surface area (Å²) in [7, 11) is 1.55. The summed E-state index contributed by atoms with van der Waals surface area (Å²) in [6.07, 6.45) is 1.66. The van der Waals surface area contributed by atoms with Crippen LogP contribution in [-0.2, 0) is 0 Å². The van der Waals surface area contributed by atoms with Gasteiger partial charge in [0, 0.05) is 23.0 Å². The first-order chi connectivity index (χ1) is 8.61. The SMILES string of the molecule is COc1ccc(C(=O)O)c(-c2ccc(C)nc2)c1. The van der Waals surface area contributed by atoms with E-state index in [1.54, 1.807) is 25.4 Å². The molecule has 1 heterocycles. The number of ether oxygens (including phenoxy) is 1. The predicted molar refractivity (Wildman–Crippen MR) is 67.9 cm³/mol.